The smallest absolute Gasteiger partial charge is 0.288 e. The summed E-state index contributed by atoms with van der Waals surface area (Å²) < 4.78 is 38.2. The van der Waals surface area contributed by atoms with Crippen LogP contribution in [0.5, 0.6) is 0 Å². The minimum Gasteiger partial charge on any atom is -0.288 e. The van der Waals surface area contributed by atoms with Gasteiger partial charge in [-0.15, -0.1) is 10.2 Å². The molecule has 9 heteroatoms. The van der Waals surface area contributed by atoms with Crippen molar-refractivity contribution < 1.29 is 13.2 Å². The number of hydrogen-bond acceptors (Lipinski definition) is 5. The molecule has 110 valence electrons. The molecule has 1 aromatic heterocycles. The van der Waals surface area contributed by atoms with E-state index in [1.807, 2.05) is 0 Å². The van der Waals surface area contributed by atoms with Gasteiger partial charge in [0, 0.05) is 5.56 Å². The van der Waals surface area contributed by atoms with Crippen LogP contribution in [0.1, 0.15) is 16.8 Å². The molecule has 1 aromatic carbocycles. The summed E-state index contributed by atoms with van der Waals surface area (Å²) in [4.78, 5) is 13.6. The van der Waals surface area contributed by atoms with Gasteiger partial charge in [0.1, 0.15) is 5.69 Å². The number of hydrogen-bond donors (Lipinski definition) is 2. The largest absolute Gasteiger partial charge is 0.417 e. The minimum atomic E-state index is -4.47. The summed E-state index contributed by atoms with van der Waals surface area (Å²) in [5.41, 5.74) is 1.11. The van der Waals surface area contributed by atoms with Crippen molar-refractivity contribution in [2.45, 2.75) is 13.1 Å². The maximum Gasteiger partial charge on any atom is 0.417 e. The van der Waals surface area contributed by atoms with E-state index >= 15 is 0 Å². The van der Waals surface area contributed by atoms with Crippen LogP contribution in [0.15, 0.2) is 34.2 Å². The fourth-order valence-corrected chi connectivity index (χ4v) is 1.47. The molecule has 0 fully saturated rings. The Morgan fingerprint density at radius 2 is 2.00 bits per heavy atom. The van der Waals surface area contributed by atoms with Gasteiger partial charge in [-0.2, -0.15) is 18.3 Å². The van der Waals surface area contributed by atoms with Crippen molar-refractivity contribution in [2.75, 3.05) is 5.43 Å². The van der Waals surface area contributed by atoms with Crippen molar-refractivity contribution in [1.82, 2.24) is 15.2 Å². The van der Waals surface area contributed by atoms with Gasteiger partial charge in [-0.25, -0.2) is 5.43 Å². The highest BCUT2D eigenvalue weighted by atomic mass is 19.4. The van der Waals surface area contributed by atoms with Crippen LogP contribution >= 0.6 is 0 Å². The van der Waals surface area contributed by atoms with Gasteiger partial charge in [-0.1, -0.05) is 18.2 Å². The molecular weight excluding hydrogens is 287 g/mol. The number of nitrogens with zero attached hydrogens (tertiary/aromatic N) is 3. The number of aromatic amines is 1. The number of hydrazone groups is 1. The highest BCUT2D eigenvalue weighted by molar-refractivity contribution is 5.82. The fourth-order valence-electron chi connectivity index (χ4n) is 1.47. The molecule has 0 spiro atoms. The lowest BCUT2D eigenvalue weighted by atomic mass is 10.1. The summed E-state index contributed by atoms with van der Waals surface area (Å²) in [7, 11) is 0. The van der Waals surface area contributed by atoms with Crippen molar-refractivity contribution in [2.24, 2.45) is 5.10 Å². The monoisotopic (exact) mass is 297 g/mol. The van der Waals surface area contributed by atoms with Gasteiger partial charge in [0.25, 0.3) is 5.56 Å². The number of aromatic nitrogens is 3. The molecule has 0 aliphatic heterocycles. The molecule has 2 aromatic rings. The van der Waals surface area contributed by atoms with E-state index in [-0.39, 0.29) is 17.2 Å². The van der Waals surface area contributed by atoms with Crippen molar-refractivity contribution >= 4 is 12.2 Å². The molecule has 0 radical (unpaired) electrons. The lowest BCUT2D eigenvalue weighted by molar-refractivity contribution is -0.137. The Kier molecular flexibility index (Phi) is 4.01. The minimum absolute atomic E-state index is 0.0636. The van der Waals surface area contributed by atoms with Gasteiger partial charge in [-0.05, 0) is 13.0 Å². The number of halogens is 3. The molecule has 0 atom stereocenters. The Morgan fingerprint density at radius 1 is 1.29 bits per heavy atom. The van der Waals surface area contributed by atoms with Crippen molar-refractivity contribution in [1.29, 1.82) is 0 Å². The average molecular weight is 297 g/mol. The third kappa shape index (κ3) is 3.65. The first-order valence-electron chi connectivity index (χ1n) is 5.77. The SMILES string of the molecule is Cc1nnc(N/N=C/c2ccccc2C(F)(F)F)[nH]c1=O. The zero-order valence-corrected chi connectivity index (χ0v) is 10.8. The Balaban J connectivity index is 2.19. The lowest BCUT2D eigenvalue weighted by Gasteiger charge is -2.09. The second kappa shape index (κ2) is 5.73. The first-order chi connectivity index (χ1) is 9.88. The molecule has 6 nitrogen and oxygen atoms in total. The molecular formula is C12H10F3N5O. The van der Waals surface area contributed by atoms with Crippen LogP contribution in [0.25, 0.3) is 0 Å². The number of benzene rings is 1. The summed E-state index contributed by atoms with van der Waals surface area (Å²) in [6.07, 6.45) is -3.48. The third-order valence-corrected chi connectivity index (χ3v) is 2.50. The summed E-state index contributed by atoms with van der Waals surface area (Å²) in [6.45, 7) is 1.47. The van der Waals surface area contributed by atoms with E-state index in [0.717, 1.165) is 12.3 Å². The van der Waals surface area contributed by atoms with Gasteiger partial charge < -0.3 is 0 Å². The summed E-state index contributed by atoms with van der Waals surface area (Å²) in [6, 6.07) is 4.98. The molecule has 0 aliphatic rings. The normalized spacial score (nSPS) is 11.8. The highest BCUT2D eigenvalue weighted by Gasteiger charge is 2.32. The standard InChI is InChI=1S/C12H10F3N5O/c1-7-10(21)17-11(20-18-7)19-16-6-8-4-2-3-5-9(8)12(13,14)15/h2-6H,1H3,(H2,17,19,20,21)/b16-6+. The van der Waals surface area contributed by atoms with Crippen molar-refractivity contribution in [3.8, 4) is 0 Å². The van der Waals surface area contributed by atoms with E-state index in [1.54, 1.807) is 0 Å². The molecule has 0 amide bonds. The zero-order chi connectivity index (χ0) is 15.5. The first kappa shape index (κ1) is 14.7. The summed E-state index contributed by atoms with van der Waals surface area (Å²) in [5.74, 6) is -0.0636. The van der Waals surface area contributed by atoms with Crippen LogP contribution in [0.2, 0.25) is 0 Å². The molecule has 0 aliphatic carbocycles. The molecule has 2 N–H and O–H groups in total. The Hall–Kier alpha value is -2.71. The van der Waals surface area contributed by atoms with Crippen LogP contribution in [0.3, 0.4) is 0 Å². The van der Waals surface area contributed by atoms with Gasteiger partial charge >= 0.3 is 6.18 Å². The first-order valence-corrected chi connectivity index (χ1v) is 5.77. The van der Waals surface area contributed by atoms with Gasteiger partial charge in [0.05, 0.1) is 11.8 Å². The van der Waals surface area contributed by atoms with Crippen LogP contribution < -0.4 is 11.0 Å². The average Bonchev–Trinajstić information content (AvgIpc) is 2.42. The van der Waals surface area contributed by atoms with E-state index in [4.69, 9.17) is 0 Å². The van der Waals surface area contributed by atoms with Crippen LogP contribution in [-0.2, 0) is 6.18 Å². The molecule has 0 unspecified atom stereocenters. The van der Waals surface area contributed by atoms with E-state index in [2.05, 4.69) is 25.7 Å². The van der Waals surface area contributed by atoms with Gasteiger partial charge in [0.15, 0.2) is 0 Å². The summed E-state index contributed by atoms with van der Waals surface area (Å²) in [5, 5.41) is 10.7. The Labute approximate surface area is 116 Å². The van der Waals surface area contributed by atoms with Crippen molar-refractivity contribution in [3.63, 3.8) is 0 Å². The zero-order valence-electron chi connectivity index (χ0n) is 10.8. The second-order valence-corrected chi connectivity index (χ2v) is 4.04. The maximum absolute atomic E-state index is 12.7. The van der Waals surface area contributed by atoms with Gasteiger partial charge in [0.2, 0.25) is 5.95 Å². The maximum atomic E-state index is 12.7. The van der Waals surface area contributed by atoms with E-state index < -0.39 is 17.3 Å². The van der Waals surface area contributed by atoms with Crippen LogP contribution in [0, 0.1) is 6.92 Å². The highest BCUT2D eigenvalue weighted by Crippen LogP contribution is 2.31. The van der Waals surface area contributed by atoms with Crippen molar-refractivity contribution in [3.05, 3.63) is 51.4 Å². The lowest BCUT2D eigenvalue weighted by Crippen LogP contribution is -2.15. The number of rotatable bonds is 3. The predicted molar refractivity (Wildman–Crippen MR) is 70.1 cm³/mol. The molecule has 21 heavy (non-hydrogen) atoms. The second-order valence-electron chi connectivity index (χ2n) is 4.04. The molecule has 0 saturated heterocycles. The number of nitrogens with one attached hydrogen (secondary N) is 2. The predicted octanol–water partition coefficient (Wildman–Crippen LogP) is 1.94. The number of aryl methyl sites for hydroxylation is 1. The summed E-state index contributed by atoms with van der Waals surface area (Å²) >= 11 is 0. The molecule has 1 heterocycles. The Morgan fingerprint density at radius 3 is 2.67 bits per heavy atom. The van der Waals surface area contributed by atoms with E-state index in [1.165, 1.54) is 25.1 Å². The van der Waals surface area contributed by atoms with E-state index in [9.17, 15) is 18.0 Å². The fraction of sp³-hybridized carbons (Fsp3) is 0.167. The third-order valence-electron chi connectivity index (χ3n) is 2.50. The van der Waals surface area contributed by atoms with Crippen LogP contribution in [0.4, 0.5) is 19.1 Å². The topological polar surface area (TPSA) is 83.0 Å². The molecule has 0 saturated carbocycles. The van der Waals surface area contributed by atoms with Gasteiger partial charge in [-0.3, -0.25) is 9.78 Å². The Bertz CT molecular complexity index is 723. The number of alkyl halides is 3. The molecule has 0 bridgehead atoms. The van der Waals surface area contributed by atoms with Crippen LogP contribution in [-0.4, -0.2) is 21.4 Å². The quantitative estimate of drug-likeness (QED) is 0.670. The number of anilines is 1. The van der Waals surface area contributed by atoms with E-state index in [0.29, 0.717) is 0 Å². The molecule has 2 rings (SSSR count). The number of H-pyrrole nitrogens is 1.